The fraction of sp³-hybridized carbons (Fsp3) is 0.571. The molecule has 0 heterocycles. The van der Waals surface area contributed by atoms with Crippen LogP contribution in [0.4, 0.5) is 0 Å². The van der Waals surface area contributed by atoms with Crippen molar-refractivity contribution in [2.75, 3.05) is 0 Å². The molecular formula is C14H20. The minimum atomic E-state index is 1.19. The molecule has 2 rings (SSSR count). The predicted molar refractivity (Wildman–Crippen MR) is 62.2 cm³/mol. The van der Waals surface area contributed by atoms with Gasteiger partial charge in [0.05, 0.1) is 0 Å². The molecule has 0 aliphatic heterocycles. The summed E-state index contributed by atoms with van der Waals surface area (Å²) in [5, 5.41) is 0. The van der Waals surface area contributed by atoms with E-state index in [4.69, 9.17) is 0 Å². The highest BCUT2D eigenvalue weighted by molar-refractivity contribution is 5.31. The summed E-state index contributed by atoms with van der Waals surface area (Å²) in [6.07, 6.45) is 15.2. The van der Waals surface area contributed by atoms with Crippen molar-refractivity contribution in [2.24, 2.45) is 0 Å². The first-order valence-electron chi connectivity index (χ1n) is 5.91. The van der Waals surface area contributed by atoms with Gasteiger partial charge in [-0.2, -0.15) is 0 Å². The largest absolute Gasteiger partial charge is 0.0956 e. The normalized spacial score (nSPS) is 20.9. The van der Waals surface area contributed by atoms with E-state index in [1.54, 1.807) is 11.1 Å². The minimum absolute atomic E-state index is 1.19. The van der Waals surface area contributed by atoms with Gasteiger partial charge < -0.3 is 0 Å². The van der Waals surface area contributed by atoms with Gasteiger partial charge in [-0.3, -0.25) is 0 Å². The van der Waals surface area contributed by atoms with Crippen LogP contribution >= 0.6 is 0 Å². The van der Waals surface area contributed by atoms with Gasteiger partial charge in [-0.15, -0.1) is 0 Å². The molecule has 0 bridgehead atoms. The van der Waals surface area contributed by atoms with Crippen LogP contribution in [0.25, 0.3) is 0 Å². The summed E-state index contributed by atoms with van der Waals surface area (Å²) in [6.45, 7) is 4.20. The highest BCUT2D eigenvalue weighted by Gasteiger charge is 2.09. The molecule has 2 aliphatic carbocycles. The molecule has 0 unspecified atom stereocenters. The first-order chi connectivity index (χ1) is 6.86. The maximum absolute atomic E-state index is 4.20. The quantitative estimate of drug-likeness (QED) is 0.568. The molecule has 0 saturated heterocycles. The van der Waals surface area contributed by atoms with Gasteiger partial charge in [0.2, 0.25) is 0 Å². The smallest absolute Gasteiger partial charge is 0.0245 e. The molecule has 0 aromatic rings. The van der Waals surface area contributed by atoms with Crippen LogP contribution in [0.1, 0.15) is 51.4 Å². The fourth-order valence-electron chi connectivity index (χ4n) is 2.43. The molecule has 2 aliphatic rings. The minimum Gasteiger partial charge on any atom is -0.0956 e. The average molecular weight is 188 g/mol. The van der Waals surface area contributed by atoms with Gasteiger partial charge in [-0.05, 0) is 56.9 Å². The highest BCUT2D eigenvalue weighted by Crippen LogP contribution is 2.29. The standard InChI is InChI=1S/C14H20/c1-12(14-8-4-5-9-14)10-11-13-6-2-3-7-13/h6,8H,1-5,7,9-11H2. The Kier molecular flexibility index (Phi) is 3.23. The molecule has 76 valence electrons. The van der Waals surface area contributed by atoms with Crippen LogP contribution in [0.3, 0.4) is 0 Å². The third kappa shape index (κ3) is 2.37. The Hall–Kier alpha value is -0.780. The van der Waals surface area contributed by atoms with E-state index >= 15 is 0 Å². The van der Waals surface area contributed by atoms with Gasteiger partial charge in [0, 0.05) is 0 Å². The Morgan fingerprint density at radius 3 is 2.57 bits per heavy atom. The third-order valence-corrected chi connectivity index (χ3v) is 3.38. The molecule has 0 nitrogen and oxygen atoms in total. The summed E-state index contributed by atoms with van der Waals surface area (Å²) in [5.41, 5.74) is 4.61. The number of rotatable bonds is 4. The lowest BCUT2D eigenvalue weighted by atomic mass is 9.99. The van der Waals surface area contributed by atoms with Gasteiger partial charge in [0.1, 0.15) is 0 Å². The average Bonchev–Trinajstić information content (AvgIpc) is 2.87. The Bertz CT molecular complexity index is 278. The summed E-state index contributed by atoms with van der Waals surface area (Å²) >= 11 is 0. The molecule has 0 heteroatoms. The van der Waals surface area contributed by atoms with E-state index in [0.717, 1.165) is 0 Å². The van der Waals surface area contributed by atoms with Gasteiger partial charge >= 0.3 is 0 Å². The molecule has 0 atom stereocenters. The third-order valence-electron chi connectivity index (χ3n) is 3.38. The molecule has 0 N–H and O–H groups in total. The molecule has 0 saturated carbocycles. The molecule has 0 amide bonds. The summed E-state index contributed by atoms with van der Waals surface area (Å²) in [6, 6.07) is 0. The second-order valence-electron chi connectivity index (χ2n) is 4.48. The summed E-state index contributed by atoms with van der Waals surface area (Å²) in [5.74, 6) is 0. The van der Waals surface area contributed by atoms with Crippen molar-refractivity contribution in [3.8, 4) is 0 Å². The lowest BCUT2D eigenvalue weighted by Crippen LogP contribution is -1.87. The highest BCUT2D eigenvalue weighted by atomic mass is 14.2. The topological polar surface area (TPSA) is 0 Å². The number of hydrogen-bond donors (Lipinski definition) is 0. The predicted octanol–water partition coefficient (Wildman–Crippen LogP) is 4.54. The second kappa shape index (κ2) is 4.63. The van der Waals surface area contributed by atoms with E-state index in [1.165, 1.54) is 56.9 Å². The zero-order valence-electron chi connectivity index (χ0n) is 9.02. The van der Waals surface area contributed by atoms with Crippen LogP contribution in [0.5, 0.6) is 0 Å². The zero-order chi connectivity index (χ0) is 9.80. The molecule has 0 fully saturated rings. The maximum atomic E-state index is 4.20. The first kappa shape index (κ1) is 9.76. The molecule has 0 spiro atoms. The molecule has 0 aromatic carbocycles. The van der Waals surface area contributed by atoms with Gasteiger partial charge in [0.25, 0.3) is 0 Å². The van der Waals surface area contributed by atoms with E-state index < -0.39 is 0 Å². The SMILES string of the molecule is C=C(CCC1=CCCC1)C1=CCCC1. The van der Waals surface area contributed by atoms with E-state index in [9.17, 15) is 0 Å². The van der Waals surface area contributed by atoms with Crippen molar-refractivity contribution < 1.29 is 0 Å². The van der Waals surface area contributed by atoms with Crippen molar-refractivity contribution in [1.82, 2.24) is 0 Å². The zero-order valence-corrected chi connectivity index (χ0v) is 9.02. The van der Waals surface area contributed by atoms with E-state index in [-0.39, 0.29) is 0 Å². The van der Waals surface area contributed by atoms with Crippen molar-refractivity contribution in [3.05, 3.63) is 35.5 Å². The Balaban J connectivity index is 1.77. The van der Waals surface area contributed by atoms with Crippen LogP contribution in [0, 0.1) is 0 Å². The number of hydrogen-bond acceptors (Lipinski definition) is 0. The molecule has 14 heavy (non-hydrogen) atoms. The van der Waals surface area contributed by atoms with Gasteiger partial charge in [0.15, 0.2) is 0 Å². The molecule has 0 radical (unpaired) electrons. The van der Waals surface area contributed by atoms with E-state index in [0.29, 0.717) is 0 Å². The van der Waals surface area contributed by atoms with Gasteiger partial charge in [-0.1, -0.05) is 29.9 Å². The van der Waals surface area contributed by atoms with Gasteiger partial charge in [-0.25, -0.2) is 0 Å². The van der Waals surface area contributed by atoms with Crippen LogP contribution in [-0.4, -0.2) is 0 Å². The van der Waals surface area contributed by atoms with E-state index in [1.807, 2.05) is 0 Å². The van der Waals surface area contributed by atoms with Crippen LogP contribution in [0.15, 0.2) is 35.5 Å². The monoisotopic (exact) mass is 188 g/mol. The fourth-order valence-corrected chi connectivity index (χ4v) is 2.43. The Morgan fingerprint density at radius 1 is 1.14 bits per heavy atom. The summed E-state index contributed by atoms with van der Waals surface area (Å²) < 4.78 is 0. The lowest BCUT2D eigenvalue weighted by Gasteiger charge is -2.07. The van der Waals surface area contributed by atoms with Crippen molar-refractivity contribution in [2.45, 2.75) is 51.4 Å². The van der Waals surface area contributed by atoms with Crippen LogP contribution in [-0.2, 0) is 0 Å². The summed E-state index contributed by atoms with van der Waals surface area (Å²) in [4.78, 5) is 0. The molecular weight excluding hydrogens is 168 g/mol. The summed E-state index contributed by atoms with van der Waals surface area (Å²) in [7, 11) is 0. The van der Waals surface area contributed by atoms with Crippen molar-refractivity contribution in [3.63, 3.8) is 0 Å². The Morgan fingerprint density at radius 2 is 1.93 bits per heavy atom. The van der Waals surface area contributed by atoms with Crippen molar-refractivity contribution in [1.29, 1.82) is 0 Å². The van der Waals surface area contributed by atoms with E-state index in [2.05, 4.69) is 18.7 Å². The lowest BCUT2D eigenvalue weighted by molar-refractivity contribution is 0.834. The second-order valence-corrected chi connectivity index (χ2v) is 4.48. The van der Waals surface area contributed by atoms with Crippen LogP contribution in [0.2, 0.25) is 0 Å². The van der Waals surface area contributed by atoms with Crippen molar-refractivity contribution >= 4 is 0 Å². The first-order valence-corrected chi connectivity index (χ1v) is 5.91. The number of allylic oxidation sites excluding steroid dienone is 5. The molecule has 0 aromatic heterocycles. The Labute approximate surface area is 87.4 Å². The van der Waals surface area contributed by atoms with Crippen LogP contribution < -0.4 is 0 Å². The maximum Gasteiger partial charge on any atom is -0.0245 e.